The molecule has 40 heavy (non-hydrogen) atoms. The molecule has 208 valence electrons. The van der Waals surface area contributed by atoms with Gasteiger partial charge in [-0.05, 0) is 71.3 Å². The van der Waals surface area contributed by atoms with Gasteiger partial charge >= 0.3 is 5.97 Å². The number of carboxylic acids is 1. The molecule has 0 aliphatic rings. The van der Waals surface area contributed by atoms with Crippen LogP contribution < -0.4 is 14.8 Å². The monoisotopic (exact) mass is 559 g/mol. The summed E-state index contributed by atoms with van der Waals surface area (Å²) in [6.45, 7) is 2.25. The van der Waals surface area contributed by atoms with Gasteiger partial charge < -0.3 is 19.9 Å². The molecule has 0 aliphatic heterocycles. The normalized spacial score (nSPS) is 12.5. The lowest BCUT2D eigenvalue weighted by molar-refractivity contribution is -0.136. The van der Waals surface area contributed by atoms with Gasteiger partial charge in [-0.1, -0.05) is 61.3 Å². The number of benzene rings is 4. The fraction of sp³-hybridized carbons (Fsp3) is 0.273. The zero-order valence-electron chi connectivity index (χ0n) is 22.9. The fourth-order valence-corrected chi connectivity index (χ4v) is 5.51. The summed E-state index contributed by atoms with van der Waals surface area (Å²) in [5.41, 5.74) is 3.74. The number of methoxy groups -OCH3 is 2. The van der Waals surface area contributed by atoms with E-state index in [1.807, 2.05) is 48.5 Å². The molecule has 7 heteroatoms. The lowest BCUT2D eigenvalue weighted by Crippen LogP contribution is -2.26. The summed E-state index contributed by atoms with van der Waals surface area (Å²) >= 11 is 6.30. The number of amides is 1. The van der Waals surface area contributed by atoms with Crippen LogP contribution >= 0.6 is 11.6 Å². The van der Waals surface area contributed by atoms with Gasteiger partial charge in [0.15, 0.2) is 0 Å². The largest absolute Gasteiger partial charge is 0.496 e. The number of fused-ring (bicyclic) bond motifs is 1. The van der Waals surface area contributed by atoms with Crippen molar-refractivity contribution in [1.29, 1.82) is 0 Å². The van der Waals surface area contributed by atoms with Crippen LogP contribution in [-0.2, 0) is 4.79 Å². The Morgan fingerprint density at radius 2 is 1.52 bits per heavy atom. The number of carbonyl (C=O) groups is 2. The molecule has 0 saturated heterocycles. The second-order valence-electron chi connectivity index (χ2n) is 9.68. The molecule has 0 heterocycles. The lowest BCUT2D eigenvalue weighted by Gasteiger charge is -2.31. The molecular weight excluding hydrogens is 526 g/mol. The van der Waals surface area contributed by atoms with Crippen LogP contribution in [0.2, 0.25) is 5.02 Å². The molecule has 4 rings (SSSR count). The first-order chi connectivity index (χ1) is 19.4. The number of rotatable bonds is 12. The maximum atomic E-state index is 12.6. The minimum Gasteiger partial charge on any atom is -0.496 e. The van der Waals surface area contributed by atoms with Crippen LogP contribution in [0.3, 0.4) is 0 Å². The van der Waals surface area contributed by atoms with Gasteiger partial charge in [0.25, 0.3) is 5.91 Å². The maximum Gasteiger partial charge on any atom is 0.305 e. The first kappa shape index (κ1) is 29.0. The highest BCUT2D eigenvalue weighted by molar-refractivity contribution is 6.30. The van der Waals surface area contributed by atoms with E-state index in [-0.39, 0.29) is 30.7 Å². The van der Waals surface area contributed by atoms with E-state index in [0.717, 1.165) is 51.8 Å². The Morgan fingerprint density at radius 1 is 0.850 bits per heavy atom. The van der Waals surface area contributed by atoms with Gasteiger partial charge in [-0.2, -0.15) is 0 Å². The van der Waals surface area contributed by atoms with Crippen LogP contribution in [0.15, 0.2) is 78.9 Å². The van der Waals surface area contributed by atoms with Gasteiger partial charge in [0, 0.05) is 34.0 Å². The van der Waals surface area contributed by atoms with E-state index in [0.29, 0.717) is 10.6 Å². The Morgan fingerprint density at radius 3 is 2.15 bits per heavy atom. The van der Waals surface area contributed by atoms with Gasteiger partial charge in [0.1, 0.15) is 11.5 Å². The minimum atomic E-state index is -0.951. The molecule has 0 radical (unpaired) electrons. The van der Waals surface area contributed by atoms with Crippen molar-refractivity contribution in [2.45, 2.75) is 38.0 Å². The first-order valence-electron chi connectivity index (χ1n) is 13.4. The average Bonchev–Trinajstić information content (AvgIpc) is 2.97. The summed E-state index contributed by atoms with van der Waals surface area (Å²) in [5.74, 6) is 0.307. The Bertz CT molecular complexity index is 1470. The van der Waals surface area contributed by atoms with Crippen molar-refractivity contribution in [3.63, 3.8) is 0 Å². The third-order valence-electron chi connectivity index (χ3n) is 7.23. The molecule has 2 unspecified atom stereocenters. The third kappa shape index (κ3) is 6.40. The quantitative estimate of drug-likeness (QED) is 0.188. The van der Waals surface area contributed by atoms with Crippen LogP contribution in [0.5, 0.6) is 11.5 Å². The van der Waals surface area contributed by atoms with E-state index in [9.17, 15) is 9.59 Å². The summed E-state index contributed by atoms with van der Waals surface area (Å²) < 4.78 is 11.7. The number of nitrogens with one attached hydrogen (secondary N) is 1. The first-order valence-corrected chi connectivity index (χ1v) is 13.7. The Hall–Kier alpha value is -4.03. The van der Waals surface area contributed by atoms with E-state index < -0.39 is 5.97 Å². The molecule has 6 nitrogen and oxygen atoms in total. The van der Waals surface area contributed by atoms with E-state index in [1.54, 1.807) is 26.4 Å². The highest BCUT2D eigenvalue weighted by Crippen LogP contribution is 2.48. The number of carbonyl (C=O) groups excluding carboxylic acids is 1. The fourth-order valence-electron chi connectivity index (χ4n) is 5.38. The molecule has 0 aliphatic carbocycles. The molecule has 4 aromatic rings. The van der Waals surface area contributed by atoms with Gasteiger partial charge in [0.2, 0.25) is 0 Å². The van der Waals surface area contributed by atoms with E-state index in [2.05, 4.69) is 30.4 Å². The summed E-state index contributed by atoms with van der Waals surface area (Å²) in [6.07, 6.45) is 1.71. The predicted molar refractivity (Wildman–Crippen MR) is 159 cm³/mol. The second-order valence-corrected chi connectivity index (χ2v) is 10.1. The highest BCUT2D eigenvalue weighted by Gasteiger charge is 2.30. The van der Waals surface area contributed by atoms with Crippen molar-refractivity contribution in [1.82, 2.24) is 5.32 Å². The van der Waals surface area contributed by atoms with Gasteiger partial charge in [-0.15, -0.1) is 0 Å². The Labute approximate surface area is 239 Å². The molecule has 0 spiro atoms. The Balaban J connectivity index is 1.85. The minimum absolute atomic E-state index is 0.0565. The second kappa shape index (κ2) is 13.4. The number of ether oxygens (including phenoxy) is 2. The third-order valence-corrected chi connectivity index (χ3v) is 7.48. The topological polar surface area (TPSA) is 84.9 Å². The van der Waals surface area contributed by atoms with Gasteiger partial charge in [-0.25, -0.2) is 0 Å². The van der Waals surface area contributed by atoms with Crippen molar-refractivity contribution in [3.05, 3.63) is 106 Å². The summed E-state index contributed by atoms with van der Waals surface area (Å²) in [7, 11) is 3.37. The molecule has 0 aromatic heterocycles. The lowest BCUT2D eigenvalue weighted by atomic mass is 9.73. The number of hydrogen-bond donors (Lipinski definition) is 2. The van der Waals surface area contributed by atoms with Crippen molar-refractivity contribution in [2.24, 2.45) is 0 Å². The predicted octanol–water partition coefficient (Wildman–Crippen LogP) is 7.43. The zero-order chi connectivity index (χ0) is 28.6. The number of halogens is 1. The highest BCUT2D eigenvalue weighted by atomic mass is 35.5. The molecule has 4 aromatic carbocycles. The number of aliphatic carboxylic acids is 1. The summed E-state index contributed by atoms with van der Waals surface area (Å²) in [4.78, 5) is 23.4. The molecule has 2 atom stereocenters. The molecule has 2 N–H and O–H groups in total. The molecule has 0 fully saturated rings. The summed E-state index contributed by atoms with van der Waals surface area (Å²) in [6, 6.07) is 25.6. The van der Waals surface area contributed by atoms with Gasteiger partial charge in [-0.3, -0.25) is 9.59 Å². The standard InChI is InChI=1S/C33H34ClNO5/c1-4-6-25(21-9-11-23(12-10-21)33(38)35-20-19-30(36)37)31(22-13-15-24(34)16-14-22)32-27-7-5-8-28(39-2)26(27)17-18-29(32)40-3/h5,7-18,25,31H,4,6,19-20H2,1-3H3,(H,35,38)(H,36,37). The van der Waals surface area contributed by atoms with Crippen LogP contribution in [0.1, 0.15) is 65.1 Å². The number of carboxylic acid groups (broad SMARTS) is 1. The summed E-state index contributed by atoms with van der Waals surface area (Å²) in [5, 5.41) is 14.2. The molecule has 0 bridgehead atoms. The van der Waals surface area contributed by atoms with Crippen LogP contribution in [0.4, 0.5) is 0 Å². The van der Waals surface area contributed by atoms with Crippen LogP contribution in [0, 0.1) is 0 Å². The average molecular weight is 560 g/mol. The SMILES string of the molecule is CCCC(c1ccc(C(=O)NCCC(=O)O)cc1)C(c1ccc(Cl)cc1)c1c(OC)ccc2c(OC)cccc12. The van der Waals surface area contributed by atoms with E-state index in [1.165, 1.54) is 0 Å². The van der Waals surface area contributed by atoms with Crippen molar-refractivity contribution in [3.8, 4) is 11.5 Å². The van der Waals surface area contributed by atoms with E-state index >= 15 is 0 Å². The van der Waals surface area contributed by atoms with Crippen LogP contribution in [0.25, 0.3) is 10.8 Å². The molecule has 0 saturated carbocycles. The smallest absolute Gasteiger partial charge is 0.305 e. The van der Waals surface area contributed by atoms with E-state index in [4.69, 9.17) is 26.2 Å². The van der Waals surface area contributed by atoms with Gasteiger partial charge in [0.05, 0.1) is 20.6 Å². The van der Waals surface area contributed by atoms with Crippen molar-refractivity contribution < 1.29 is 24.2 Å². The van der Waals surface area contributed by atoms with Crippen LogP contribution in [-0.4, -0.2) is 37.7 Å². The zero-order valence-corrected chi connectivity index (χ0v) is 23.7. The van der Waals surface area contributed by atoms with Crippen molar-refractivity contribution in [2.75, 3.05) is 20.8 Å². The Kier molecular flexibility index (Phi) is 9.67. The number of hydrogen-bond acceptors (Lipinski definition) is 4. The molecule has 1 amide bonds. The van der Waals surface area contributed by atoms with Crippen molar-refractivity contribution >= 4 is 34.2 Å². The molecular formula is C33H34ClNO5. The maximum absolute atomic E-state index is 12.6.